The molecule has 0 atom stereocenters. The van der Waals surface area contributed by atoms with Crippen LogP contribution < -0.4 is 9.64 Å². The smallest absolute Gasteiger partial charge is 0.325 e. The van der Waals surface area contributed by atoms with Crippen LogP contribution >= 0.6 is 0 Å². The number of nitriles is 1. The van der Waals surface area contributed by atoms with E-state index in [0.29, 0.717) is 17.0 Å². The topological polar surface area (TPSA) is 62.6 Å². The van der Waals surface area contributed by atoms with Crippen molar-refractivity contribution in [2.75, 3.05) is 32.7 Å². The van der Waals surface area contributed by atoms with Gasteiger partial charge in [0.25, 0.3) is 0 Å². The average Bonchev–Trinajstić information content (AvgIpc) is 2.37. The van der Waals surface area contributed by atoms with E-state index in [2.05, 4.69) is 10.8 Å². The average molecular weight is 234 g/mol. The van der Waals surface area contributed by atoms with E-state index in [0.717, 1.165) is 0 Å². The lowest BCUT2D eigenvalue weighted by molar-refractivity contribution is -0.138. The quantitative estimate of drug-likeness (QED) is 0.732. The van der Waals surface area contributed by atoms with Gasteiger partial charge in [-0.15, -0.1) is 0 Å². The minimum Gasteiger partial charge on any atom is -0.497 e. The first-order valence-electron chi connectivity index (χ1n) is 4.98. The molecule has 0 saturated heterocycles. The van der Waals surface area contributed by atoms with Crippen LogP contribution in [0.25, 0.3) is 0 Å². The number of anilines is 1. The molecule has 17 heavy (non-hydrogen) atoms. The third kappa shape index (κ3) is 3.11. The summed E-state index contributed by atoms with van der Waals surface area (Å²) in [6.07, 6.45) is 0. The van der Waals surface area contributed by atoms with Crippen LogP contribution in [0.1, 0.15) is 5.56 Å². The van der Waals surface area contributed by atoms with Crippen LogP contribution in [-0.4, -0.2) is 33.8 Å². The fraction of sp³-hybridized carbons (Fsp3) is 0.333. The Labute approximate surface area is 100 Å². The maximum absolute atomic E-state index is 11.2. The monoisotopic (exact) mass is 234 g/mol. The maximum atomic E-state index is 11.2. The molecule has 0 saturated carbocycles. The number of ether oxygens (including phenoxy) is 2. The molecule has 0 aliphatic carbocycles. The van der Waals surface area contributed by atoms with E-state index < -0.39 is 0 Å². The molecule has 5 nitrogen and oxygen atoms in total. The number of hydrogen-bond acceptors (Lipinski definition) is 5. The van der Waals surface area contributed by atoms with Crippen molar-refractivity contribution in [2.24, 2.45) is 0 Å². The molecule has 0 heterocycles. The van der Waals surface area contributed by atoms with Gasteiger partial charge in [0.1, 0.15) is 18.4 Å². The Balaban J connectivity index is 3.02. The molecule has 1 aromatic rings. The number of carbonyl (C=O) groups is 1. The van der Waals surface area contributed by atoms with Crippen molar-refractivity contribution in [1.82, 2.24) is 0 Å². The van der Waals surface area contributed by atoms with Crippen molar-refractivity contribution < 1.29 is 14.3 Å². The Bertz CT molecular complexity index is 452. The molecule has 5 heteroatoms. The largest absolute Gasteiger partial charge is 0.497 e. The molecule has 0 aliphatic rings. The summed E-state index contributed by atoms with van der Waals surface area (Å²) in [5.74, 6) is 0.273. The summed E-state index contributed by atoms with van der Waals surface area (Å²) in [6.45, 7) is 0.0817. The number of methoxy groups -OCH3 is 2. The van der Waals surface area contributed by atoms with Gasteiger partial charge in [-0.1, -0.05) is 0 Å². The van der Waals surface area contributed by atoms with Gasteiger partial charge in [0.05, 0.1) is 25.5 Å². The van der Waals surface area contributed by atoms with Crippen molar-refractivity contribution in [1.29, 1.82) is 5.26 Å². The van der Waals surface area contributed by atoms with Gasteiger partial charge in [-0.2, -0.15) is 5.26 Å². The number of nitrogens with zero attached hydrogens (tertiary/aromatic N) is 2. The van der Waals surface area contributed by atoms with Gasteiger partial charge < -0.3 is 14.4 Å². The highest BCUT2D eigenvalue weighted by atomic mass is 16.5. The van der Waals surface area contributed by atoms with Crippen molar-refractivity contribution in [3.63, 3.8) is 0 Å². The molecule has 0 aromatic heterocycles. The maximum Gasteiger partial charge on any atom is 0.325 e. The lowest BCUT2D eigenvalue weighted by atomic mass is 10.1. The van der Waals surface area contributed by atoms with E-state index >= 15 is 0 Å². The molecule has 0 aliphatic heterocycles. The van der Waals surface area contributed by atoms with Crippen LogP contribution in [-0.2, 0) is 9.53 Å². The summed E-state index contributed by atoms with van der Waals surface area (Å²) >= 11 is 0. The Morgan fingerprint density at radius 1 is 1.47 bits per heavy atom. The molecule has 0 amide bonds. The summed E-state index contributed by atoms with van der Waals surface area (Å²) in [5.41, 5.74) is 1.12. The zero-order valence-corrected chi connectivity index (χ0v) is 10.1. The number of benzene rings is 1. The first kappa shape index (κ1) is 12.8. The molecule has 0 bridgehead atoms. The lowest BCUT2D eigenvalue weighted by Crippen LogP contribution is -2.27. The van der Waals surface area contributed by atoms with Crippen LogP contribution in [0, 0.1) is 11.3 Å². The van der Waals surface area contributed by atoms with Crippen LogP contribution in [0.3, 0.4) is 0 Å². The summed E-state index contributed by atoms with van der Waals surface area (Å²) < 4.78 is 9.66. The van der Waals surface area contributed by atoms with Gasteiger partial charge in [0, 0.05) is 13.1 Å². The Hall–Kier alpha value is -2.22. The first-order valence-corrected chi connectivity index (χ1v) is 4.98. The number of esters is 1. The van der Waals surface area contributed by atoms with Crippen LogP contribution in [0.4, 0.5) is 5.69 Å². The molecule has 0 radical (unpaired) electrons. The van der Waals surface area contributed by atoms with Gasteiger partial charge in [-0.3, -0.25) is 4.79 Å². The molecule has 0 unspecified atom stereocenters. The zero-order chi connectivity index (χ0) is 12.8. The lowest BCUT2D eigenvalue weighted by Gasteiger charge is -2.19. The minimum absolute atomic E-state index is 0.0817. The van der Waals surface area contributed by atoms with E-state index in [4.69, 9.17) is 10.00 Å². The normalized spacial score (nSPS) is 9.29. The molecule has 1 aromatic carbocycles. The third-order valence-electron chi connectivity index (χ3n) is 2.33. The van der Waals surface area contributed by atoms with Gasteiger partial charge >= 0.3 is 5.97 Å². The Morgan fingerprint density at radius 3 is 2.71 bits per heavy atom. The molecule has 1 rings (SSSR count). The van der Waals surface area contributed by atoms with E-state index in [1.807, 2.05) is 0 Å². The van der Waals surface area contributed by atoms with Gasteiger partial charge in [0.2, 0.25) is 0 Å². The fourth-order valence-electron chi connectivity index (χ4n) is 1.39. The number of hydrogen-bond donors (Lipinski definition) is 0. The molecule has 90 valence electrons. The standard InChI is InChI=1S/C12H14N2O3/c1-14(8-12(15)17-3)11-6-10(16-2)5-4-9(11)7-13/h4-6H,8H2,1-3H3. The Morgan fingerprint density at radius 2 is 2.18 bits per heavy atom. The summed E-state index contributed by atoms with van der Waals surface area (Å²) in [5, 5.41) is 8.99. The second-order valence-electron chi connectivity index (χ2n) is 3.43. The fourth-order valence-corrected chi connectivity index (χ4v) is 1.39. The molecular formula is C12H14N2O3. The highest BCUT2D eigenvalue weighted by Gasteiger charge is 2.12. The molecule has 0 N–H and O–H groups in total. The highest BCUT2D eigenvalue weighted by molar-refractivity contribution is 5.77. The van der Waals surface area contributed by atoms with Gasteiger partial charge in [-0.05, 0) is 12.1 Å². The number of rotatable bonds is 4. The van der Waals surface area contributed by atoms with Crippen LogP contribution in [0.2, 0.25) is 0 Å². The Kier molecular flexibility index (Phi) is 4.35. The van der Waals surface area contributed by atoms with Gasteiger partial charge in [0.15, 0.2) is 0 Å². The van der Waals surface area contributed by atoms with E-state index in [1.165, 1.54) is 7.11 Å². The summed E-state index contributed by atoms with van der Waals surface area (Å²) in [7, 11) is 4.59. The van der Waals surface area contributed by atoms with E-state index in [9.17, 15) is 4.79 Å². The predicted octanol–water partition coefficient (Wildman–Crippen LogP) is 1.18. The second kappa shape index (κ2) is 5.75. The number of carbonyl (C=O) groups excluding carboxylic acids is 1. The van der Waals surface area contributed by atoms with Crippen molar-refractivity contribution >= 4 is 11.7 Å². The van der Waals surface area contributed by atoms with Crippen LogP contribution in [0.5, 0.6) is 5.75 Å². The molecule has 0 spiro atoms. The molecule has 0 fully saturated rings. The van der Waals surface area contributed by atoms with E-state index in [1.54, 1.807) is 37.3 Å². The second-order valence-corrected chi connectivity index (χ2v) is 3.43. The highest BCUT2D eigenvalue weighted by Crippen LogP contribution is 2.24. The zero-order valence-electron chi connectivity index (χ0n) is 10.1. The van der Waals surface area contributed by atoms with Crippen LogP contribution in [0.15, 0.2) is 18.2 Å². The van der Waals surface area contributed by atoms with Gasteiger partial charge in [-0.25, -0.2) is 0 Å². The predicted molar refractivity (Wildman–Crippen MR) is 63.0 cm³/mol. The van der Waals surface area contributed by atoms with Crippen molar-refractivity contribution in [2.45, 2.75) is 0 Å². The van der Waals surface area contributed by atoms with Crippen molar-refractivity contribution in [3.05, 3.63) is 23.8 Å². The van der Waals surface area contributed by atoms with E-state index in [-0.39, 0.29) is 12.5 Å². The SMILES string of the molecule is COC(=O)CN(C)c1cc(OC)ccc1C#N. The summed E-state index contributed by atoms with van der Waals surface area (Å²) in [4.78, 5) is 12.8. The van der Waals surface area contributed by atoms with Crippen molar-refractivity contribution in [3.8, 4) is 11.8 Å². The molecular weight excluding hydrogens is 220 g/mol. The third-order valence-corrected chi connectivity index (χ3v) is 2.33. The first-order chi connectivity index (χ1) is 8.12. The number of likely N-dealkylation sites (N-methyl/N-ethyl adjacent to an activating group) is 1. The summed E-state index contributed by atoms with van der Waals surface area (Å²) in [6, 6.07) is 7.14. The minimum atomic E-state index is -0.362.